The molecule has 5 unspecified atom stereocenters. The topological polar surface area (TPSA) is 76.1 Å². The number of carbonyl (C=O) groups excluding carboxylic acids is 1. The predicted octanol–water partition coefficient (Wildman–Crippen LogP) is 2.40. The summed E-state index contributed by atoms with van der Waals surface area (Å²) < 4.78 is 11.5. The molecule has 4 rings (SSSR count). The number of carbonyl (C=O) groups is 2. The van der Waals surface area contributed by atoms with Crippen molar-refractivity contribution in [3.8, 4) is 5.75 Å². The van der Waals surface area contributed by atoms with E-state index in [-0.39, 0.29) is 11.9 Å². The van der Waals surface area contributed by atoms with Gasteiger partial charge in [-0.2, -0.15) is 0 Å². The molecule has 1 aromatic carbocycles. The van der Waals surface area contributed by atoms with Gasteiger partial charge < -0.3 is 19.5 Å². The fraction of sp³-hybridized carbons (Fsp3) is 0.500. The van der Waals surface area contributed by atoms with Crippen LogP contribution in [0.2, 0.25) is 0 Å². The second kappa shape index (κ2) is 6.13. The first kappa shape index (κ1) is 17.1. The Kier molecular flexibility index (Phi) is 4.03. The summed E-state index contributed by atoms with van der Waals surface area (Å²) in [7, 11) is 0. The maximum absolute atomic E-state index is 13.2. The number of fused-ring (bicyclic) bond motifs is 1. The van der Waals surface area contributed by atoms with Crippen LogP contribution in [0.15, 0.2) is 36.4 Å². The number of aliphatic carboxylic acids is 1. The highest BCUT2D eigenvalue weighted by Gasteiger charge is 2.67. The molecule has 1 amide bonds. The largest absolute Gasteiger partial charge is 0.494 e. The Morgan fingerprint density at radius 3 is 2.73 bits per heavy atom. The maximum atomic E-state index is 13.2. The van der Waals surface area contributed by atoms with Crippen LogP contribution in [-0.2, 0) is 14.3 Å². The van der Waals surface area contributed by atoms with Crippen LogP contribution in [-0.4, -0.2) is 46.7 Å². The van der Waals surface area contributed by atoms with E-state index in [4.69, 9.17) is 9.47 Å². The van der Waals surface area contributed by atoms with Gasteiger partial charge in [0.15, 0.2) is 0 Å². The number of benzene rings is 1. The summed E-state index contributed by atoms with van der Waals surface area (Å²) in [6.45, 7) is 4.97. The zero-order valence-corrected chi connectivity index (χ0v) is 14.9. The van der Waals surface area contributed by atoms with Crippen molar-refractivity contribution in [2.24, 2.45) is 11.8 Å². The number of amides is 1. The van der Waals surface area contributed by atoms with Crippen molar-refractivity contribution in [2.45, 2.75) is 38.0 Å². The number of ether oxygens (including phenoxy) is 2. The Labute approximate surface area is 152 Å². The average Bonchev–Trinajstić information content (AvgIpc) is 3.26. The van der Waals surface area contributed by atoms with Gasteiger partial charge in [-0.1, -0.05) is 31.2 Å². The smallest absolute Gasteiger partial charge is 0.310 e. The van der Waals surface area contributed by atoms with Gasteiger partial charge in [0, 0.05) is 0 Å². The molecule has 2 fully saturated rings. The fourth-order valence-corrected chi connectivity index (χ4v) is 4.66. The molecule has 26 heavy (non-hydrogen) atoms. The summed E-state index contributed by atoms with van der Waals surface area (Å²) in [6.07, 6.45) is 3.94. The fourth-order valence-electron chi connectivity index (χ4n) is 4.66. The van der Waals surface area contributed by atoms with Gasteiger partial charge in [-0.25, -0.2) is 0 Å². The van der Waals surface area contributed by atoms with Gasteiger partial charge in [0.2, 0.25) is 5.91 Å². The van der Waals surface area contributed by atoms with Gasteiger partial charge >= 0.3 is 5.97 Å². The van der Waals surface area contributed by atoms with Crippen molar-refractivity contribution < 1.29 is 24.2 Å². The SMILES string of the molecule is CCOc1ccc(C(CC)N2CC34C=CC(O3)C(C(=O)O)C4C2=O)cc1. The van der Waals surface area contributed by atoms with E-state index in [0.717, 1.165) is 17.7 Å². The van der Waals surface area contributed by atoms with E-state index < -0.39 is 29.5 Å². The van der Waals surface area contributed by atoms with Gasteiger partial charge in [-0.15, -0.1) is 0 Å². The minimum atomic E-state index is -0.962. The quantitative estimate of drug-likeness (QED) is 0.791. The molecule has 3 heterocycles. The van der Waals surface area contributed by atoms with Gasteiger partial charge in [0.05, 0.1) is 31.2 Å². The van der Waals surface area contributed by atoms with Crippen LogP contribution in [0, 0.1) is 11.8 Å². The van der Waals surface area contributed by atoms with Crippen LogP contribution in [0.5, 0.6) is 5.75 Å². The van der Waals surface area contributed by atoms with E-state index in [1.165, 1.54) is 0 Å². The Morgan fingerprint density at radius 2 is 2.12 bits per heavy atom. The Hall–Kier alpha value is -2.34. The van der Waals surface area contributed by atoms with E-state index in [1.54, 1.807) is 11.0 Å². The van der Waals surface area contributed by atoms with Crippen LogP contribution in [0.4, 0.5) is 0 Å². The van der Waals surface area contributed by atoms with Crippen LogP contribution >= 0.6 is 0 Å². The third kappa shape index (κ3) is 2.35. The predicted molar refractivity (Wildman–Crippen MR) is 93.7 cm³/mol. The summed E-state index contributed by atoms with van der Waals surface area (Å²) >= 11 is 0. The van der Waals surface area contributed by atoms with E-state index in [1.807, 2.05) is 44.2 Å². The van der Waals surface area contributed by atoms with Crippen molar-refractivity contribution in [3.63, 3.8) is 0 Å². The average molecular weight is 357 g/mol. The highest BCUT2D eigenvalue weighted by atomic mass is 16.5. The molecule has 6 heteroatoms. The van der Waals surface area contributed by atoms with Crippen molar-refractivity contribution in [2.75, 3.05) is 13.2 Å². The van der Waals surface area contributed by atoms with Crippen molar-refractivity contribution in [1.82, 2.24) is 4.90 Å². The molecule has 3 aliphatic heterocycles. The molecule has 1 aromatic rings. The van der Waals surface area contributed by atoms with E-state index >= 15 is 0 Å². The number of nitrogens with zero attached hydrogens (tertiary/aromatic N) is 1. The van der Waals surface area contributed by atoms with Crippen molar-refractivity contribution in [1.29, 1.82) is 0 Å². The number of hydrogen-bond acceptors (Lipinski definition) is 4. The zero-order chi connectivity index (χ0) is 18.5. The first-order valence-corrected chi connectivity index (χ1v) is 9.14. The highest BCUT2D eigenvalue weighted by molar-refractivity contribution is 5.91. The molecule has 2 saturated heterocycles. The van der Waals surface area contributed by atoms with Crippen LogP contribution < -0.4 is 4.74 Å². The van der Waals surface area contributed by atoms with Crippen LogP contribution in [0.25, 0.3) is 0 Å². The Bertz CT molecular complexity index is 758. The molecule has 2 bridgehead atoms. The number of carboxylic acid groups (broad SMARTS) is 1. The van der Waals surface area contributed by atoms with Crippen LogP contribution in [0.3, 0.4) is 0 Å². The summed E-state index contributed by atoms with van der Waals surface area (Å²) in [5.41, 5.74) is 0.231. The lowest BCUT2D eigenvalue weighted by Gasteiger charge is -2.29. The lowest BCUT2D eigenvalue weighted by Crippen LogP contribution is -2.39. The molecule has 0 aliphatic carbocycles. The van der Waals surface area contributed by atoms with Crippen molar-refractivity contribution >= 4 is 11.9 Å². The molecule has 1 spiro atoms. The first-order valence-electron chi connectivity index (χ1n) is 9.14. The van der Waals surface area contributed by atoms with Crippen molar-refractivity contribution in [3.05, 3.63) is 42.0 Å². The molecule has 0 saturated carbocycles. The molecule has 6 nitrogen and oxygen atoms in total. The van der Waals surface area contributed by atoms with Gasteiger partial charge in [0.25, 0.3) is 0 Å². The molecular weight excluding hydrogens is 334 g/mol. The molecule has 0 radical (unpaired) electrons. The third-order valence-electron chi connectivity index (χ3n) is 5.75. The summed E-state index contributed by atoms with van der Waals surface area (Å²) in [5.74, 6) is -1.72. The standard InChI is InChI=1S/C20H23NO5/c1-3-14(12-5-7-13(8-6-12)25-4-2)21-11-20-10-9-15(26-20)16(19(23)24)17(20)18(21)22/h5-10,14-17H,3-4,11H2,1-2H3,(H,23,24). The minimum absolute atomic E-state index is 0.108. The van der Waals surface area contributed by atoms with Gasteiger partial charge in [-0.05, 0) is 31.0 Å². The molecule has 138 valence electrons. The summed E-state index contributed by atoms with van der Waals surface area (Å²) in [5, 5.41) is 9.58. The zero-order valence-electron chi connectivity index (χ0n) is 14.9. The molecule has 3 aliphatic rings. The number of hydrogen-bond donors (Lipinski definition) is 1. The van der Waals surface area contributed by atoms with Gasteiger partial charge in [-0.3, -0.25) is 9.59 Å². The molecule has 5 atom stereocenters. The number of likely N-dealkylation sites (tertiary alicyclic amines) is 1. The normalized spacial score (nSPS) is 32.8. The molecule has 0 aromatic heterocycles. The third-order valence-corrected chi connectivity index (χ3v) is 5.75. The molecular formula is C20H23NO5. The Balaban J connectivity index is 1.62. The van der Waals surface area contributed by atoms with Gasteiger partial charge in [0.1, 0.15) is 17.3 Å². The second-order valence-corrected chi connectivity index (χ2v) is 7.13. The summed E-state index contributed by atoms with van der Waals surface area (Å²) in [6, 6.07) is 7.65. The summed E-state index contributed by atoms with van der Waals surface area (Å²) in [4.78, 5) is 26.6. The van der Waals surface area contributed by atoms with E-state index in [2.05, 4.69) is 0 Å². The highest BCUT2D eigenvalue weighted by Crippen LogP contribution is 2.53. The lowest BCUT2D eigenvalue weighted by molar-refractivity contribution is -0.148. The Morgan fingerprint density at radius 1 is 1.38 bits per heavy atom. The maximum Gasteiger partial charge on any atom is 0.310 e. The molecule has 1 N–H and O–H groups in total. The monoisotopic (exact) mass is 357 g/mol. The first-order chi connectivity index (χ1) is 12.5. The van der Waals surface area contributed by atoms with E-state index in [0.29, 0.717) is 13.2 Å². The second-order valence-electron chi connectivity index (χ2n) is 7.13. The minimum Gasteiger partial charge on any atom is -0.494 e. The lowest BCUT2D eigenvalue weighted by atomic mass is 9.77. The number of carboxylic acids is 1. The number of rotatable bonds is 6. The van der Waals surface area contributed by atoms with Crippen LogP contribution in [0.1, 0.15) is 31.9 Å². The van der Waals surface area contributed by atoms with E-state index in [9.17, 15) is 14.7 Å².